The van der Waals surface area contributed by atoms with Crippen molar-refractivity contribution >= 4 is 52.1 Å². The van der Waals surface area contributed by atoms with Crippen molar-refractivity contribution in [3.63, 3.8) is 0 Å². The number of nitrogen functional groups attached to an aromatic ring is 2. The molecule has 0 aliphatic carbocycles. The van der Waals surface area contributed by atoms with Crippen molar-refractivity contribution in [2.45, 2.75) is 49.1 Å². The van der Waals surface area contributed by atoms with Gasteiger partial charge in [-0.2, -0.15) is 4.98 Å². The van der Waals surface area contributed by atoms with Gasteiger partial charge in [-0.3, -0.25) is 9.13 Å². The van der Waals surface area contributed by atoms with Crippen LogP contribution in [0.2, 0.25) is 0 Å². The third kappa shape index (κ3) is 6.05. The summed E-state index contributed by atoms with van der Waals surface area (Å²) in [4.78, 5) is 28.7. The van der Waals surface area contributed by atoms with Crippen molar-refractivity contribution in [2.75, 3.05) is 38.9 Å². The Morgan fingerprint density at radius 3 is 2.41 bits per heavy atom. The first kappa shape index (κ1) is 30.4. The monoisotopic (exact) mass is 632 g/mol. The number of hydrogen-bond acceptors (Lipinski definition) is 16. The molecule has 0 amide bonds. The molecule has 10 unspecified atom stereocenters. The molecule has 2 aliphatic rings. The highest BCUT2D eigenvalue weighted by atomic mass is 32.7. The predicted octanol–water partition coefficient (Wildman–Crippen LogP) is -0.202. The zero-order valence-electron chi connectivity index (χ0n) is 21.8. The van der Waals surface area contributed by atoms with Crippen molar-refractivity contribution in [1.29, 1.82) is 0 Å². The lowest BCUT2D eigenvalue weighted by Crippen LogP contribution is -2.38. The summed E-state index contributed by atoms with van der Waals surface area (Å²) in [5, 5.41) is 9.92. The summed E-state index contributed by atoms with van der Waals surface area (Å²) >= 11 is 4.24. The van der Waals surface area contributed by atoms with Gasteiger partial charge in [0, 0.05) is 20.4 Å². The van der Waals surface area contributed by atoms with Gasteiger partial charge >= 0.3 is 5.69 Å². The number of methoxy groups -OCH3 is 2. The molecule has 17 nitrogen and oxygen atoms in total. The van der Waals surface area contributed by atoms with E-state index in [-0.39, 0.29) is 32.9 Å². The number of fused-ring (bicyclic) bond motifs is 1. The van der Waals surface area contributed by atoms with Crippen LogP contribution in [0.5, 0.6) is 0 Å². The van der Waals surface area contributed by atoms with Crippen LogP contribution < -0.4 is 17.2 Å². The zero-order valence-corrected chi connectivity index (χ0v) is 24.7. The number of nitrogens with two attached hydrogens (primary N) is 2. The maximum absolute atomic E-state index is 12.4. The van der Waals surface area contributed by atoms with E-state index in [1.165, 1.54) is 30.3 Å². The van der Waals surface area contributed by atoms with Crippen LogP contribution >= 0.6 is 29.3 Å². The molecule has 0 bridgehead atoms. The molecule has 5 heterocycles. The molecule has 224 valence electrons. The molecule has 3 aromatic heterocycles. The number of aliphatic hydroxyl groups is 1. The van der Waals surface area contributed by atoms with Gasteiger partial charge in [0.1, 0.15) is 54.3 Å². The third-order valence-corrected chi connectivity index (χ3v) is 8.11. The minimum atomic E-state index is -0.897. The van der Waals surface area contributed by atoms with Gasteiger partial charge in [0.25, 0.3) is 0 Å². The molecule has 2 aliphatic heterocycles. The van der Waals surface area contributed by atoms with Crippen LogP contribution in [0.25, 0.3) is 11.2 Å². The maximum Gasteiger partial charge on any atom is 0.351 e. The second-order valence-corrected chi connectivity index (χ2v) is 10.6. The van der Waals surface area contributed by atoms with Crippen molar-refractivity contribution in [1.82, 2.24) is 29.1 Å². The van der Waals surface area contributed by atoms with Crippen molar-refractivity contribution in [2.24, 2.45) is 0 Å². The Morgan fingerprint density at radius 1 is 1.02 bits per heavy atom. The Bertz CT molecular complexity index is 1390. The van der Waals surface area contributed by atoms with E-state index >= 15 is 0 Å². The first-order valence-electron chi connectivity index (χ1n) is 12.2. The molecule has 5 rings (SSSR count). The highest BCUT2D eigenvalue weighted by Gasteiger charge is 2.49. The van der Waals surface area contributed by atoms with Crippen LogP contribution in [0.4, 0.5) is 11.6 Å². The summed E-state index contributed by atoms with van der Waals surface area (Å²) < 4.78 is 44.1. The molecule has 0 aromatic carbocycles. The quantitative estimate of drug-likeness (QED) is 0.116. The third-order valence-electron chi connectivity index (χ3n) is 6.76. The van der Waals surface area contributed by atoms with Crippen LogP contribution in [-0.2, 0) is 32.5 Å². The van der Waals surface area contributed by atoms with Crippen molar-refractivity contribution < 1.29 is 37.6 Å². The van der Waals surface area contributed by atoms with E-state index in [0.29, 0.717) is 11.2 Å². The number of aromatic nitrogens is 6. The number of ether oxygens (including phenoxy) is 4. The summed E-state index contributed by atoms with van der Waals surface area (Å²) in [5.74, 6) is 0.320. The fourth-order valence-electron chi connectivity index (χ4n) is 4.87. The van der Waals surface area contributed by atoms with Gasteiger partial charge < -0.3 is 49.1 Å². The fourth-order valence-corrected chi connectivity index (χ4v) is 6.34. The number of thiol groups is 1. The predicted molar refractivity (Wildman–Crippen MR) is 150 cm³/mol. The molecule has 0 spiro atoms. The lowest BCUT2D eigenvalue weighted by molar-refractivity contribution is -0.0624. The van der Waals surface area contributed by atoms with Crippen LogP contribution in [0.15, 0.2) is 29.7 Å². The topological polar surface area (TPSA) is 215 Å². The summed E-state index contributed by atoms with van der Waals surface area (Å²) in [7, 11) is 2.37. The Morgan fingerprint density at radius 2 is 1.73 bits per heavy atom. The standard InChI is InChI=1S/C21H30N8O9P2S/c1-32-15-13(9(5-30)35-19(15)28-4-3-11(22)27-21(28)31)37-39-34-6-10-14(38-40-41)16(33-2)20(36-10)29-8-26-12-17(23)24-7-25-18(12)29/h3-4,7-10,13-16,19-20,30,39-41H,5-6H2,1-2H3,(H2,22,27,31)(H2,23,24,25). The van der Waals surface area contributed by atoms with Crippen LogP contribution in [0, 0.1) is 0 Å². The molecule has 0 saturated carbocycles. The molecular weight excluding hydrogens is 602 g/mol. The number of rotatable bonds is 12. The number of aliphatic hydroxyl groups excluding tert-OH is 1. The van der Waals surface area contributed by atoms with E-state index in [2.05, 4.69) is 32.2 Å². The van der Waals surface area contributed by atoms with Gasteiger partial charge in [0.2, 0.25) is 0 Å². The van der Waals surface area contributed by atoms with Gasteiger partial charge in [-0.15, -0.1) is 12.2 Å². The second kappa shape index (κ2) is 13.5. The van der Waals surface area contributed by atoms with Gasteiger partial charge in [0.05, 0.1) is 27.6 Å². The van der Waals surface area contributed by atoms with E-state index in [9.17, 15) is 9.90 Å². The maximum atomic E-state index is 12.4. The molecule has 0 radical (unpaired) electrons. The first-order chi connectivity index (χ1) is 19.9. The molecule has 20 heteroatoms. The minimum absolute atomic E-state index is 0.0707. The number of anilines is 2. The van der Waals surface area contributed by atoms with Gasteiger partial charge in [-0.25, -0.2) is 19.7 Å². The molecule has 2 saturated heterocycles. The van der Waals surface area contributed by atoms with Crippen LogP contribution in [0.1, 0.15) is 12.5 Å². The lowest BCUT2D eigenvalue weighted by atomic mass is 10.1. The van der Waals surface area contributed by atoms with E-state index in [1.54, 1.807) is 18.0 Å². The summed E-state index contributed by atoms with van der Waals surface area (Å²) in [6.07, 6.45) is -1.16. The minimum Gasteiger partial charge on any atom is -0.394 e. The zero-order chi connectivity index (χ0) is 29.1. The highest BCUT2D eigenvalue weighted by Crippen LogP contribution is 2.40. The Kier molecular flexibility index (Phi) is 9.99. The van der Waals surface area contributed by atoms with Gasteiger partial charge in [-0.05, 0) is 6.07 Å². The van der Waals surface area contributed by atoms with Crippen molar-refractivity contribution in [3.8, 4) is 0 Å². The van der Waals surface area contributed by atoms with Crippen LogP contribution in [-0.4, -0.2) is 98.2 Å². The Labute approximate surface area is 242 Å². The second-order valence-electron chi connectivity index (χ2n) is 8.99. The van der Waals surface area contributed by atoms with E-state index in [1.807, 2.05) is 0 Å². The molecule has 2 fully saturated rings. The van der Waals surface area contributed by atoms with E-state index in [0.717, 1.165) is 0 Å². The van der Waals surface area contributed by atoms with Gasteiger partial charge in [0.15, 0.2) is 33.0 Å². The van der Waals surface area contributed by atoms with Gasteiger partial charge in [-0.1, -0.05) is 0 Å². The lowest BCUT2D eigenvalue weighted by Gasteiger charge is -2.24. The summed E-state index contributed by atoms with van der Waals surface area (Å²) in [6.45, 7) is -0.307. The largest absolute Gasteiger partial charge is 0.394 e. The average Bonchev–Trinajstić information content (AvgIpc) is 3.65. The fraction of sp³-hybridized carbons (Fsp3) is 0.571. The molecule has 5 N–H and O–H groups in total. The Hall–Kier alpha value is -2.08. The molecular formula is C21H30N8O9P2S. The first-order valence-corrected chi connectivity index (χ1v) is 15.2. The molecule has 3 aromatic rings. The summed E-state index contributed by atoms with van der Waals surface area (Å²) in [6, 6.07) is 1.46. The Balaban J connectivity index is 1.25. The summed E-state index contributed by atoms with van der Waals surface area (Å²) in [5.41, 5.74) is 11.8. The SMILES string of the molecule is COC1C(OPOCC2OC(n3cnc4c(N)ncnc43)C(OC)C2OPS)C(CO)OC1n1ccc(N)nc1=O. The average molecular weight is 633 g/mol. The highest BCUT2D eigenvalue weighted by molar-refractivity contribution is 8.36. The molecule has 10 atom stereocenters. The molecule has 41 heavy (non-hydrogen) atoms. The van der Waals surface area contributed by atoms with Crippen LogP contribution in [0.3, 0.4) is 0 Å². The van der Waals surface area contributed by atoms with E-state index in [4.69, 9.17) is 44.0 Å². The number of imidazole rings is 1. The number of nitrogens with zero attached hydrogens (tertiary/aromatic N) is 6. The van der Waals surface area contributed by atoms with E-state index < -0.39 is 63.8 Å². The smallest absolute Gasteiger partial charge is 0.351 e. The van der Waals surface area contributed by atoms with Crippen molar-refractivity contribution in [3.05, 3.63) is 35.4 Å². The normalized spacial score (nSPS) is 30.5. The number of hydrogen-bond donors (Lipinski definition) is 4.